The van der Waals surface area contributed by atoms with E-state index < -0.39 is 5.60 Å². The quantitative estimate of drug-likeness (QED) is 0.847. The summed E-state index contributed by atoms with van der Waals surface area (Å²) in [6.07, 6.45) is 5.98. The highest BCUT2D eigenvalue weighted by molar-refractivity contribution is 5.76. The molecule has 1 aromatic rings. The van der Waals surface area contributed by atoms with Crippen molar-refractivity contribution in [1.29, 1.82) is 0 Å². The third kappa shape index (κ3) is 3.67. The second-order valence-electron chi connectivity index (χ2n) is 6.83. The van der Waals surface area contributed by atoms with Crippen molar-refractivity contribution in [3.05, 3.63) is 23.7 Å². The molecule has 0 saturated heterocycles. The van der Waals surface area contributed by atoms with Gasteiger partial charge in [-0.3, -0.25) is 4.79 Å². The number of amides is 1. The molecule has 3 rings (SSSR count). The van der Waals surface area contributed by atoms with Crippen molar-refractivity contribution < 1.29 is 14.3 Å². The van der Waals surface area contributed by atoms with Crippen LogP contribution in [0.25, 0.3) is 0 Å². The van der Waals surface area contributed by atoms with Crippen LogP contribution in [0.1, 0.15) is 62.9 Å². The maximum Gasteiger partial charge on any atom is 0.220 e. The first-order chi connectivity index (χ1) is 10.1. The van der Waals surface area contributed by atoms with Gasteiger partial charge in [-0.25, -0.2) is 0 Å². The number of carbonyl (C=O) groups excluding carboxylic acids is 1. The van der Waals surface area contributed by atoms with Crippen LogP contribution in [0, 0.1) is 5.92 Å². The Labute approximate surface area is 125 Å². The van der Waals surface area contributed by atoms with E-state index in [0.29, 0.717) is 25.3 Å². The molecule has 2 fully saturated rings. The fraction of sp³-hybridized carbons (Fsp3) is 0.706. The summed E-state index contributed by atoms with van der Waals surface area (Å²) in [6.45, 7) is 2.61. The Morgan fingerprint density at radius 2 is 2.14 bits per heavy atom. The lowest BCUT2D eigenvalue weighted by Gasteiger charge is -2.22. The molecule has 2 atom stereocenters. The molecule has 116 valence electrons. The normalized spacial score (nSPS) is 26.8. The number of aliphatic hydroxyl groups is 1. The average Bonchev–Trinajstić information content (AvgIpc) is 2.89. The Kier molecular flexibility index (Phi) is 4.07. The number of rotatable bonds is 6. The maximum absolute atomic E-state index is 11.9. The van der Waals surface area contributed by atoms with E-state index in [1.165, 1.54) is 6.42 Å². The van der Waals surface area contributed by atoms with Gasteiger partial charge in [0.25, 0.3) is 0 Å². The first-order valence-corrected chi connectivity index (χ1v) is 8.13. The van der Waals surface area contributed by atoms with Gasteiger partial charge >= 0.3 is 0 Å². The molecule has 2 N–H and O–H groups in total. The summed E-state index contributed by atoms with van der Waals surface area (Å²) in [6, 6.07) is 4.03. The van der Waals surface area contributed by atoms with E-state index in [1.807, 2.05) is 12.1 Å². The van der Waals surface area contributed by atoms with Crippen LogP contribution >= 0.6 is 0 Å². The summed E-state index contributed by atoms with van der Waals surface area (Å²) in [7, 11) is 0. The third-order valence-corrected chi connectivity index (χ3v) is 4.90. The highest BCUT2D eigenvalue weighted by Crippen LogP contribution is 2.47. The predicted octanol–water partition coefficient (Wildman–Crippen LogP) is 2.76. The highest BCUT2D eigenvalue weighted by Gasteiger charge is 2.36. The lowest BCUT2D eigenvalue weighted by Crippen LogP contribution is -2.40. The minimum atomic E-state index is -0.671. The molecule has 0 radical (unpaired) electrons. The summed E-state index contributed by atoms with van der Waals surface area (Å²) in [5.74, 6) is 3.27. The number of furan rings is 1. The van der Waals surface area contributed by atoms with Gasteiger partial charge in [-0.2, -0.15) is 0 Å². The van der Waals surface area contributed by atoms with E-state index in [9.17, 15) is 9.90 Å². The van der Waals surface area contributed by atoms with Gasteiger partial charge in [0.05, 0.1) is 5.60 Å². The molecule has 4 heteroatoms. The van der Waals surface area contributed by atoms with Crippen LogP contribution in [0.2, 0.25) is 0 Å². The standard InChI is InChI=1S/C17H25NO3/c1-12-10-14(12)15-6-4-13(21-15)5-7-16(19)18-11-17(20)8-2-3-9-17/h4,6,12,14,20H,2-3,5,7-11H2,1H3,(H,18,19). The maximum atomic E-state index is 11.9. The predicted molar refractivity (Wildman–Crippen MR) is 80.0 cm³/mol. The summed E-state index contributed by atoms with van der Waals surface area (Å²) >= 11 is 0. The summed E-state index contributed by atoms with van der Waals surface area (Å²) in [4.78, 5) is 11.9. The van der Waals surface area contributed by atoms with Gasteiger partial charge in [0.2, 0.25) is 5.91 Å². The zero-order valence-corrected chi connectivity index (χ0v) is 12.7. The van der Waals surface area contributed by atoms with Gasteiger partial charge in [0.15, 0.2) is 0 Å². The van der Waals surface area contributed by atoms with Crippen molar-refractivity contribution in [3.8, 4) is 0 Å². The lowest BCUT2D eigenvalue weighted by molar-refractivity contribution is -0.122. The van der Waals surface area contributed by atoms with Gasteiger partial charge in [0, 0.05) is 25.3 Å². The second kappa shape index (κ2) is 5.84. The Hall–Kier alpha value is -1.29. The van der Waals surface area contributed by atoms with Crippen LogP contribution in [-0.4, -0.2) is 23.2 Å². The number of hydrogen-bond donors (Lipinski definition) is 2. The minimum Gasteiger partial charge on any atom is -0.466 e. The van der Waals surface area contributed by atoms with Crippen molar-refractivity contribution in [2.75, 3.05) is 6.54 Å². The Bertz CT molecular complexity index is 502. The second-order valence-corrected chi connectivity index (χ2v) is 6.83. The number of nitrogens with one attached hydrogen (secondary N) is 1. The monoisotopic (exact) mass is 291 g/mol. The minimum absolute atomic E-state index is 0.00642. The summed E-state index contributed by atoms with van der Waals surface area (Å²) < 4.78 is 5.80. The average molecular weight is 291 g/mol. The molecule has 2 saturated carbocycles. The fourth-order valence-corrected chi connectivity index (χ4v) is 3.24. The zero-order valence-electron chi connectivity index (χ0n) is 12.7. The van der Waals surface area contributed by atoms with Crippen LogP contribution < -0.4 is 5.32 Å². The van der Waals surface area contributed by atoms with Gasteiger partial charge in [-0.15, -0.1) is 0 Å². The zero-order chi connectivity index (χ0) is 14.9. The number of carbonyl (C=O) groups is 1. The lowest BCUT2D eigenvalue weighted by atomic mass is 10.0. The van der Waals surface area contributed by atoms with Gasteiger partial charge in [0.1, 0.15) is 11.5 Å². The van der Waals surface area contributed by atoms with Crippen molar-refractivity contribution in [1.82, 2.24) is 5.32 Å². The van der Waals surface area contributed by atoms with Crippen molar-refractivity contribution >= 4 is 5.91 Å². The van der Waals surface area contributed by atoms with Crippen LogP contribution in [0.15, 0.2) is 16.5 Å². The number of aryl methyl sites for hydroxylation is 1. The van der Waals surface area contributed by atoms with Crippen LogP contribution in [0.4, 0.5) is 0 Å². The molecular weight excluding hydrogens is 266 g/mol. The van der Waals surface area contributed by atoms with Gasteiger partial charge in [-0.05, 0) is 37.3 Å². The molecule has 0 bridgehead atoms. The van der Waals surface area contributed by atoms with E-state index in [-0.39, 0.29) is 5.91 Å². The Morgan fingerprint density at radius 1 is 1.43 bits per heavy atom. The van der Waals surface area contributed by atoms with E-state index >= 15 is 0 Å². The van der Waals surface area contributed by atoms with Crippen LogP contribution in [-0.2, 0) is 11.2 Å². The molecular formula is C17H25NO3. The van der Waals surface area contributed by atoms with Crippen molar-refractivity contribution in [3.63, 3.8) is 0 Å². The van der Waals surface area contributed by atoms with Gasteiger partial charge < -0.3 is 14.8 Å². The molecule has 2 unspecified atom stereocenters. The van der Waals surface area contributed by atoms with Gasteiger partial charge in [-0.1, -0.05) is 19.8 Å². The molecule has 2 aliphatic rings. The Balaban J connectivity index is 1.40. The van der Waals surface area contributed by atoms with Crippen LogP contribution in [0.3, 0.4) is 0 Å². The molecule has 1 aromatic heterocycles. The number of hydrogen-bond acceptors (Lipinski definition) is 3. The third-order valence-electron chi connectivity index (χ3n) is 4.90. The van der Waals surface area contributed by atoms with Crippen LogP contribution in [0.5, 0.6) is 0 Å². The topological polar surface area (TPSA) is 62.5 Å². The molecule has 0 aromatic carbocycles. The highest BCUT2D eigenvalue weighted by atomic mass is 16.3. The van der Waals surface area contributed by atoms with Crippen molar-refractivity contribution in [2.45, 2.75) is 63.4 Å². The summed E-state index contributed by atoms with van der Waals surface area (Å²) in [5, 5.41) is 13.0. The van der Waals surface area contributed by atoms with E-state index in [4.69, 9.17) is 4.42 Å². The first kappa shape index (κ1) is 14.6. The van der Waals surface area contributed by atoms with E-state index in [0.717, 1.165) is 43.1 Å². The van der Waals surface area contributed by atoms with E-state index in [2.05, 4.69) is 12.2 Å². The molecule has 1 heterocycles. The largest absolute Gasteiger partial charge is 0.466 e. The molecule has 0 aliphatic heterocycles. The SMILES string of the molecule is CC1CC1c1ccc(CCC(=O)NCC2(O)CCCC2)o1. The molecule has 4 nitrogen and oxygen atoms in total. The first-order valence-electron chi connectivity index (χ1n) is 8.13. The molecule has 2 aliphatic carbocycles. The van der Waals surface area contributed by atoms with E-state index in [1.54, 1.807) is 0 Å². The van der Waals surface area contributed by atoms with Crippen molar-refractivity contribution in [2.24, 2.45) is 5.92 Å². The Morgan fingerprint density at radius 3 is 2.81 bits per heavy atom. The molecule has 0 spiro atoms. The smallest absolute Gasteiger partial charge is 0.220 e. The molecule has 1 amide bonds. The summed E-state index contributed by atoms with van der Waals surface area (Å²) in [5.41, 5.74) is -0.671. The molecule has 21 heavy (non-hydrogen) atoms. The fourth-order valence-electron chi connectivity index (χ4n) is 3.24.